The van der Waals surface area contributed by atoms with Crippen LogP contribution in [-0.2, 0) is 0 Å². The number of furan rings is 2. The molecular formula is C39H30FN13O2S2. The second kappa shape index (κ2) is 17.8. The zero-order valence-electron chi connectivity index (χ0n) is 29.8. The highest BCUT2D eigenvalue weighted by molar-refractivity contribution is 7.98. The van der Waals surface area contributed by atoms with E-state index in [4.69, 9.17) is 26.0 Å². The third kappa shape index (κ3) is 9.27. The Morgan fingerprint density at radius 3 is 1.81 bits per heavy atom. The van der Waals surface area contributed by atoms with Crippen LogP contribution in [0.5, 0.6) is 0 Å². The fraction of sp³-hybridized carbons (Fsp3) is 0.0256. The average molecular weight is 796 g/mol. The van der Waals surface area contributed by atoms with Crippen molar-refractivity contribution in [1.82, 2.24) is 49.8 Å². The fourth-order valence-electron chi connectivity index (χ4n) is 5.21. The van der Waals surface area contributed by atoms with Crippen LogP contribution in [0.2, 0.25) is 0 Å². The minimum atomic E-state index is -0.322. The Kier molecular flexibility index (Phi) is 11.8. The maximum Gasteiger partial charge on any atom is 0.187 e. The summed E-state index contributed by atoms with van der Waals surface area (Å²) in [6.45, 7) is 0. The van der Waals surface area contributed by atoms with Gasteiger partial charge in [0.15, 0.2) is 16.7 Å². The summed E-state index contributed by atoms with van der Waals surface area (Å²) in [5.41, 5.74) is 24.8. The average Bonchev–Trinajstić information content (AvgIpc) is 4.07. The SMILES string of the molecule is CSc1nccc(-c2ncc(N)nc2-c2ccco2)n1.Nc1cnc(-c2ccncc2)c(-c2ccco2)n1.Nc1cnc(-c2cncs2)c(-c2cccc(F)c2)n1. The highest BCUT2D eigenvalue weighted by Crippen LogP contribution is 2.33. The number of nitrogens with zero attached hydrogens (tertiary/aromatic N) is 10. The first-order valence-electron chi connectivity index (χ1n) is 16.7. The van der Waals surface area contributed by atoms with E-state index in [1.165, 1.54) is 53.8 Å². The van der Waals surface area contributed by atoms with Crippen molar-refractivity contribution in [3.05, 3.63) is 134 Å². The molecule has 0 radical (unpaired) electrons. The van der Waals surface area contributed by atoms with Crippen molar-refractivity contribution in [3.63, 3.8) is 0 Å². The lowest BCUT2D eigenvalue weighted by molar-refractivity contribution is 0.580. The number of nitrogens with two attached hydrogens (primary N) is 3. The molecule has 0 aliphatic heterocycles. The van der Waals surface area contributed by atoms with Crippen LogP contribution in [0.3, 0.4) is 0 Å². The summed E-state index contributed by atoms with van der Waals surface area (Å²) in [7, 11) is 0. The molecule has 0 bridgehead atoms. The van der Waals surface area contributed by atoms with Crippen molar-refractivity contribution in [3.8, 4) is 67.4 Å². The standard InChI is InChI=1S/C13H9FN4S.C13H11N5OS.C13H10N4O/c14-9-3-1-2-8(4-9)12-13(10-5-16-7-19-10)17-6-11(15)18-12;1-20-13-15-5-4-8(17-13)11-12(9-3-2-6-19-9)18-10(14)7-16-11;14-11-8-16-12(9-3-5-15-6-4-9)13(17-11)10-2-1-7-18-10/h1-7H,(H2,15,18);2-7H,1H3,(H2,14,18);1-8H,(H2,14,17). The molecule has 282 valence electrons. The van der Waals surface area contributed by atoms with Crippen LogP contribution in [0.4, 0.5) is 21.8 Å². The lowest BCUT2D eigenvalue weighted by atomic mass is 10.1. The largest absolute Gasteiger partial charge is 0.463 e. The molecule has 1 aromatic carbocycles. The lowest BCUT2D eigenvalue weighted by Crippen LogP contribution is -1.99. The van der Waals surface area contributed by atoms with E-state index in [9.17, 15) is 4.39 Å². The van der Waals surface area contributed by atoms with Crippen LogP contribution in [0.15, 0.2) is 142 Å². The molecule has 0 aliphatic rings. The first-order chi connectivity index (χ1) is 27.9. The second-order valence-electron chi connectivity index (χ2n) is 11.5. The van der Waals surface area contributed by atoms with Crippen LogP contribution < -0.4 is 17.2 Å². The number of hydrogen-bond donors (Lipinski definition) is 3. The first-order valence-corrected chi connectivity index (χ1v) is 18.8. The Labute approximate surface area is 332 Å². The molecule has 0 saturated carbocycles. The van der Waals surface area contributed by atoms with Gasteiger partial charge in [0, 0.05) is 35.9 Å². The number of thiazole rings is 1. The highest BCUT2D eigenvalue weighted by Gasteiger charge is 2.17. The molecule has 18 heteroatoms. The third-order valence-corrected chi connectivity index (χ3v) is 9.00. The summed E-state index contributed by atoms with van der Waals surface area (Å²) in [5, 5.41) is 0.673. The summed E-state index contributed by atoms with van der Waals surface area (Å²) in [6, 6.07) is 18.9. The fourth-order valence-corrected chi connectivity index (χ4v) is 6.18. The van der Waals surface area contributed by atoms with Crippen molar-refractivity contribution in [1.29, 1.82) is 0 Å². The number of pyridine rings is 1. The molecule has 0 fully saturated rings. The van der Waals surface area contributed by atoms with Gasteiger partial charge in [-0.1, -0.05) is 23.9 Å². The maximum absolute atomic E-state index is 13.3. The van der Waals surface area contributed by atoms with E-state index in [0.29, 0.717) is 73.9 Å². The zero-order valence-corrected chi connectivity index (χ0v) is 31.5. The molecule has 15 nitrogen and oxygen atoms in total. The van der Waals surface area contributed by atoms with E-state index >= 15 is 0 Å². The van der Waals surface area contributed by atoms with Gasteiger partial charge in [0.2, 0.25) is 0 Å². The monoisotopic (exact) mass is 795 g/mol. The number of hydrogen-bond acceptors (Lipinski definition) is 17. The van der Waals surface area contributed by atoms with Crippen LogP contribution in [0, 0.1) is 5.82 Å². The van der Waals surface area contributed by atoms with Gasteiger partial charge in [-0.05, 0) is 60.9 Å². The maximum atomic E-state index is 13.3. The number of rotatable bonds is 7. The van der Waals surface area contributed by atoms with Crippen molar-refractivity contribution in [2.45, 2.75) is 5.16 Å². The van der Waals surface area contributed by atoms with Gasteiger partial charge in [0.05, 0.1) is 58.6 Å². The van der Waals surface area contributed by atoms with Gasteiger partial charge in [-0.3, -0.25) is 9.97 Å². The van der Waals surface area contributed by atoms with Gasteiger partial charge < -0.3 is 26.0 Å². The smallest absolute Gasteiger partial charge is 0.187 e. The molecule has 9 aromatic rings. The minimum absolute atomic E-state index is 0.299. The quantitative estimate of drug-likeness (QED) is 0.103. The molecule has 9 rings (SSSR count). The number of halogens is 1. The Morgan fingerprint density at radius 2 is 1.21 bits per heavy atom. The van der Waals surface area contributed by atoms with Gasteiger partial charge in [-0.25, -0.2) is 44.3 Å². The number of thioether (sulfide) groups is 1. The van der Waals surface area contributed by atoms with Gasteiger partial charge in [-0.15, -0.1) is 11.3 Å². The molecule has 8 aromatic heterocycles. The van der Waals surface area contributed by atoms with E-state index in [1.807, 2.05) is 30.5 Å². The summed E-state index contributed by atoms with van der Waals surface area (Å²) in [4.78, 5) is 43.3. The number of benzene rings is 1. The molecule has 0 atom stereocenters. The molecule has 0 saturated heterocycles. The van der Waals surface area contributed by atoms with E-state index in [-0.39, 0.29) is 5.82 Å². The van der Waals surface area contributed by atoms with Crippen LogP contribution in [0.25, 0.3) is 67.4 Å². The van der Waals surface area contributed by atoms with E-state index < -0.39 is 0 Å². The minimum Gasteiger partial charge on any atom is -0.463 e. The highest BCUT2D eigenvalue weighted by atomic mass is 32.2. The summed E-state index contributed by atoms with van der Waals surface area (Å²) < 4.78 is 24.1. The number of anilines is 3. The number of nitrogen functional groups attached to an aromatic ring is 3. The Hall–Kier alpha value is -7.44. The molecule has 6 N–H and O–H groups in total. The van der Waals surface area contributed by atoms with Crippen molar-refractivity contribution < 1.29 is 13.2 Å². The third-order valence-electron chi connectivity index (χ3n) is 7.66. The summed E-state index contributed by atoms with van der Waals surface area (Å²) in [6.07, 6.45) is 16.4. The first kappa shape index (κ1) is 37.9. The normalized spacial score (nSPS) is 10.6. The van der Waals surface area contributed by atoms with Crippen molar-refractivity contribution >= 4 is 40.6 Å². The van der Waals surface area contributed by atoms with Crippen LogP contribution in [-0.4, -0.2) is 56.1 Å². The van der Waals surface area contributed by atoms with Gasteiger partial charge in [0.1, 0.15) is 46.0 Å². The van der Waals surface area contributed by atoms with Gasteiger partial charge in [0.25, 0.3) is 0 Å². The molecule has 8 heterocycles. The zero-order chi connectivity index (χ0) is 39.6. The Bertz CT molecular complexity index is 2680. The van der Waals surface area contributed by atoms with Crippen molar-refractivity contribution in [2.24, 2.45) is 0 Å². The van der Waals surface area contributed by atoms with Crippen molar-refractivity contribution in [2.75, 3.05) is 23.5 Å². The Balaban J connectivity index is 0.000000131. The number of aromatic nitrogens is 10. The summed E-state index contributed by atoms with van der Waals surface area (Å²) >= 11 is 2.91. The van der Waals surface area contributed by atoms with Gasteiger partial charge in [-0.2, -0.15) is 0 Å². The second-order valence-corrected chi connectivity index (χ2v) is 13.1. The molecular weight excluding hydrogens is 766 g/mol. The molecule has 0 spiro atoms. The molecule has 0 unspecified atom stereocenters. The predicted molar refractivity (Wildman–Crippen MR) is 217 cm³/mol. The van der Waals surface area contributed by atoms with Crippen LogP contribution >= 0.6 is 23.1 Å². The van der Waals surface area contributed by atoms with Crippen LogP contribution in [0.1, 0.15) is 0 Å². The predicted octanol–water partition coefficient (Wildman–Crippen LogP) is 7.87. The van der Waals surface area contributed by atoms with E-state index in [0.717, 1.165) is 16.1 Å². The van der Waals surface area contributed by atoms with E-state index in [1.54, 1.807) is 73.2 Å². The molecule has 0 aliphatic carbocycles. The lowest BCUT2D eigenvalue weighted by Gasteiger charge is -2.07. The molecule has 57 heavy (non-hydrogen) atoms. The van der Waals surface area contributed by atoms with Gasteiger partial charge >= 0.3 is 0 Å². The summed E-state index contributed by atoms with van der Waals surface area (Å²) in [5.74, 6) is 1.91. The molecule has 0 amide bonds. The Morgan fingerprint density at radius 1 is 0.579 bits per heavy atom. The van der Waals surface area contributed by atoms with E-state index in [2.05, 4.69) is 49.8 Å². The topological polar surface area (TPSA) is 233 Å².